The summed E-state index contributed by atoms with van der Waals surface area (Å²) in [7, 11) is 0. The minimum atomic E-state index is 0.414. The number of ether oxygens (including phenoxy) is 1. The number of nitrogens with zero attached hydrogens (tertiary/aromatic N) is 2. The molecule has 2 rings (SSSR count). The van der Waals surface area contributed by atoms with Gasteiger partial charge in [0.15, 0.2) is 5.15 Å². The van der Waals surface area contributed by atoms with E-state index in [9.17, 15) is 0 Å². The lowest BCUT2D eigenvalue weighted by Crippen LogP contribution is -2.04. The van der Waals surface area contributed by atoms with E-state index in [1.807, 2.05) is 24.3 Å². The molecule has 90 valence electrons. The fraction of sp³-hybridized carbons (Fsp3) is 0.385. The normalized spacial score (nSPS) is 11.1. The highest BCUT2D eigenvalue weighted by Crippen LogP contribution is 2.27. The topological polar surface area (TPSA) is 35.0 Å². The summed E-state index contributed by atoms with van der Waals surface area (Å²) in [5, 5.41) is 10.1. The molecule has 0 aliphatic heterocycles. The highest BCUT2D eigenvalue weighted by molar-refractivity contribution is 6.34. The molecule has 0 saturated heterocycles. The molecule has 0 bridgehead atoms. The maximum absolute atomic E-state index is 5.98. The molecule has 0 N–H and O–H groups in total. The summed E-state index contributed by atoms with van der Waals surface area (Å²) in [6.45, 7) is 4.97. The molecule has 1 heterocycles. The van der Waals surface area contributed by atoms with Crippen LogP contribution in [0.2, 0.25) is 5.15 Å². The van der Waals surface area contributed by atoms with Gasteiger partial charge in [-0.1, -0.05) is 43.6 Å². The molecule has 0 radical (unpaired) electrons. The van der Waals surface area contributed by atoms with Crippen LogP contribution in [-0.2, 0) is 0 Å². The zero-order valence-corrected chi connectivity index (χ0v) is 10.7. The molecule has 17 heavy (non-hydrogen) atoms. The SMILES string of the molecule is CC(C)CCOc1nnc(Cl)c2ccccc12. The van der Waals surface area contributed by atoms with E-state index in [1.165, 1.54) is 0 Å². The van der Waals surface area contributed by atoms with E-state index < -0.39 is 0 Å². The summed E-state index contributed by atoms with van der Waals surface area (Å²) in [5.41, 5.74) is 0. The van der Waals surface area contributed by atoms with E-state index in [-0.39, 0.29) is 0 Å². The Morgan fingerprint density at radius 1 is 1.18 bits per heavy atom. The van der Waals surface area contributed by atoms with Crippen LogP contribution in [0.25, 0.3) is 10.8 Å². The van der Waals surface area contributed by atoms with Gasteiger partial charge >= 0.3 is 0 Å². The first-order valence-electron chi connectivity index (χ1n) is 5.72. The molecule has 0 spiro atoms. The van der Waals surface area contributed by atoms with Gasteiger partial charge in [0, 0.05) is 10.8 Å². The van der Waals surface area contributed by atoms with Crippen LogP contribution in [0.4, 0.5) is 0 Å². The lowest BCUT2D eigenvalue weighted by atomic mass is 10.1. The summed E-state index contributed by atoms with van der Waals surface area (Å²) in [6, 6.07) is 7.73. The highest BCUT2D eigenvalue weighted by atomic mass is 35.5. The predicted octanol–water partition coefficient (Wildman–Crippen LogP) is 3.71. The Balaban J connectivity index is 2.26. The highest BCUT2D eigenvalue weighted by Gasteiger charge is 2.08. The molecule has 0 fully saturated rings. The van der Waals surface area contributed by atoms with E-state index >= 15 is 0 Å². The van der Waals surface area contributed by atoms with Gasteiger partial charge in [0.05, 0.1) is 6.61 Å². The first kappa shape index (κ1) is 12.1. The van der Waals surface area contributed by atoms with Gasteiger partial charge in [-0.3, -0.25) is 0 Å². The van der Waals surface area contributed by atoms with Gasteiger partial charge < -0.3 is 4.74 Å². The van der Waals surface area contributed by atoms with Gasteiger partial charge in [0.2, 0.25) is 5.88 Å². The number of fused-ring (bicyclic) bond motifs is 1. The second-order valence-electron chi connectivity index (χ2n) is 4.37. The second-order valence-corrected chi connectivity index (χ2v) is 4.73. The molecule has 0 amide bonds. The first-order valence-corrected chi connectivity index (χ1v) is 6.10. The van der Waals surface area contributed by atoms with Crippen molar-refractivity contribution in [2.45, 2.75) is 20.3 Å². The Morgan fingerprint density at radius 2 is 1.88 bits per heavy atom. The Morgan fingerprint density at radius 3 is 2.59 bits per heavy atom. The van der Waals surface area contributed by atoms with Crippen molar-refractivity contribution in [2.75, 3.05) is 6.61 Å². The van der Waals surface area contributed by atoms with Gasteiger partial charge in [-0.25, -0.2) is 0 Å². The third-order valence-corrected chi connectivity index (χ3v) is 2.82. The van der Waals surface area contributed by atoms with Crippen LogP contribution in [0.15, 0.2) is 24.3 Å². The maximum atomic E-state index is 5.98. The molecule has 1 aromatic carbocycles. The zero-order valence-electron chi connectivity index (χ0n) is 9.98. The van der Waals surface area contributed by atoms with Gasteiger partial charge in [0.1, 0.15) is 0 Å². The monoisotopic (exact) mass is 250 g/mol. The van der Waals surface area contributed by atoms with E-state index in [0.717, 1.165) is 17.2 Å². The fourth-order valence-corrected chi connectivity index (χ4v) is 1.75. The summed E-state index contributed by atoms with van der Waals surface area (Å²) < 4.78 is 5.65. The van der Waals surface area contributed by atoms with E-state index in [1.54, 1.807) is 0 Å². The number of halogens is 1. The smallest absolute Gasteiger partial charge is 0.241 e. The molecule has 0 aliphatic carbocycles. The second kappa shape index (κ2) is 5.32. The molecule has 1 aromatic heterocycles. The van der Waals surface area contributed by atoms with Gasteiger partial charge in [-0.05, 0) is 18.4 Å². The lowest BCUT2D eigenvalue weighted by molar-refractivity contribution is 0.280. The summed E-state index contributed by atoms with van der Waals surface area (Å²) in [5.74, 6) is 1.17. The Labute approximate surface area is 106 Å². The average Bonchev–Trinajstić information content (AvgIpc) is 2.32. The van der Waals surface area contributed by atoms with Crippen LogP contribution >= 0.6 is 11.6 Å². The van der Waals surface area contributed by atoms with Crippen molar-refractivity contribution in [1.29, 1.82) is 0 Å². The van der Waals surface area contributed by atoms with E-state index in [0.29, 0.717) is 23.6 Å². The van der Waals surface area contributed by atoms with Crippen molar-refractivity contribution < 1.29 is 4.74 Å². The van der Waals surface area contributed by atoms with Crippen molar-refractivity contribution >= 4 is 22.4 Å². The first-order chi connectivity index (χ1) is 8.18. The quantitative estimate of drug-likeness (QED) is 0.830. The average molecular weight is 251 g/mol. The van der Waals surface area contributed by atoms with E-state index in [4.69, 9.17) is 16.3 Å². The largest absolute Gasteiger partial charge is 0.476 e. The summed E-state index contributed by atoms with van der Waals surface area (Å²) >= 11 is 5.98. The summed E-state index contributed by atoms with van der Waals surface area (Å²) in [4.78, 5) is 0. The molecule has 3 nitrogen and oxygen atoms in total. The van der Waals surface area contributed by atoms with Crippen LogP contribution in [0, 0.1) is 5.92 Å². The molecule has 4 heteroatoms. The van der Waals surface area contributed by atoms with Crippen LogP contribution < -0.4 is 4.74 Å². The number of hydrogen-bond donors (Lipinski definition) is 0. The number of benzene rings is 1. The van der Waals surface area contributed by atoms with Crippen molar-refractivity contribution in [1.82, 2.24) is 10.2 Å². The summed E-state index contributed by atoms with van der Waals surface area (Å²) in [6.07, 6.45) is 0.999. The number of hydrogen-bond acceptors (Lipinski definition) is 3. The van der Waals surface area contributed by atoms with Crippen molar-refractivity contribution in [3.05, 3.63) is 29.4 Å². The van der Waals surface area contributed by atoms with Gasteiger partial charge in [-0.2, -0.15) is 0 Å². The van der Waals surface area contributed by atoms with E-state index in [2.05, 4.69) is 24.0 Å². The predicted molar refractivity (Wildman–Crippen MR) is 69.5 cm³/mol. The van der Waals surface area contributed by atoms with Crippen LogP contribution in [0.1, 0.15) is 20.3 Å². The maximum Gasteiger partial charge on any atom is 0.241 e. The Kier molecular flexibility index (Phi) is 3.79. The van der Waals surface area contributed by atoms with Crippen LogP contribution in [0.3, 0.4) is 0 Å². The minimum Gasteiger partial charge on any atom is -0.476 e. The number of rotatable bonds is 4. The molecule has 0 unspecified atom stereocenters. The van der Waals surface area contributed by atoms with Crippen LogP contribution in [-0.4, -0.2) is 16.8 Å². The molecular weight excluding hydrogens is 236 g/mol. The van der Waals surface area contributed by atoms with Crippen molar-refractivity contribution in [3.63, 3.8) is 0 Å². The van der Waals surface area contributed by atoms with Gasteiger partial charge in [0.25, 0.3) is 0 Å². The molecule has 0 atom stereocenters. The standard InChI is InChI=1S/C13H15ClN2O/c1-9(2)7-8-17-13-11-6-4-3-5-10(11)12(14)15-16-13/h3-6,9H,7-8H2,1-2H3. The lowest BCUT2D eigenvalue weighted by Gasteiger charge is -2.09. The molecular formula is C13H15ClN2O. The minimum absolute atomic E-state index is 0.414. The van der Waals surface area contributed by atoms with Crippen molar-refractivity contribution in [2.24, 2.45) is 5.92 Å². The van der Waals surface area contributed by atoms with Crippen molar-refractivity contribution in [3.8, 4) is 5.88 Å². The Hall–Kier alpha value is -1.35. The van der Waals surface area contributed by atoms with Gasteiger partial charge in [-0.15, -0.1) is 10.2 Å². The zero-order chi connectivity index (χ0) is 12.3. The van der Waals surface area contributed by atoms with Crippen LogP contribution in [0.5, 0.6) is 5.88 Å². The Bertz CT molecular complexity index is 514. The molecule has 0 saturated carbocycles. The third-order valence-electron chi connectivity index (χ3n) is 2.54. The molecule has 0 aliphatic rings. The fourth-order valence-electron chi connectivity index (χ4n) is 1.54. The third kappa shape index (κ3) is 2.86. The number of aromatic nitrogens is 2. The molecule has 2 aromatic rings.